The van der Waals surface area contributed by atoms with E-state index in [0.717, 1.165) is 25.6 Å². The van der Waals surface area contributed by atoms with Gasteiger partial charge in [0.25, 0.3) is 0 Å². The van der Waals surface area contributed by atoms with E-state index >= 15 is 0 Å². The Bertz CT molecular complexity index is 231. The first-order chi connectivity index (χ1) is 8.50. The first-order valence-corrected chi connectivity index (χ1v) is 7.51. The standard InChI is InChI=1S/C15H31NO2/c1-5-7-8-13(6-2)9-16-10-14(11-17)18-15(3,4)12-16/h13-14,17H,5-12H2,1-4H3. The zero-order valence-electron chi connectivity index (χ0n) is 12.6. The number of aliphatic hydroxyl groups excluding tert-OH is 1. The maximum atomic E-state index is 9.32. The van der Waals surface area contributed by atoms with Crippen LogP contribution in [-0.2, 0) is 4.74 Å². The number of hydrogen-bond donors (Lipinski definition) is 1. The van der Waals surface area contributed by atoms with Gasteiger partial charge in [-0.2, -0.15) is 0 Å². The fraction of sp³-hybridized carbons (Fsp3) is 1.00. The van der Waals surface area contributed by atoms with Gasteiger partial charge in [0.1, 0.15) is 0 Å². The summed E-state index contributed by atoms with van der Waals surface area (Å²) in [6.07, 6.45) is 5.17. The molecular formula is C15H31NO2. The van der Waals surface area contributed by atoms with Crippen molar-refractivity contribution in [3.63, 3.8) is 0 Å². The van der Waals surface area contributed by atoms with Gasteiger partial charge in [0.2, 0.25) is 0 Å². The summed E-state index contributed by atoms with van der Waals surface area (Å²) < 4.78 is 5.86. The minimum absolute atomic E-state index is 0.0163. The molecule has 2 atom stereocenters. The maximum Gasteiger partial charge on any atom is 0.0940 e. The molecule has 0 aromatic heterocycles. The third-order valence-electron chi connectivity index (χ3n) is 3.82. The Morgan fingerprint density at radius 3 is 2.67 bits per heavy atom. The van der Waals surface area contributed by atoms with Gasteiger partial charge in [-0.15, -0.1) is 0 Å². The third-order valence-corrected chi connectivity index (χ3v) is 3.82. The van der Waals surface area contributed by atoms with Crippen molar-refractivity contribution in [2.75, 3.05) is 26.2 Å². The quantitative estimate of drug-likeness (QED) is 0.761. The highest BCUT2D eigenvalue weighted by Gasteiger charge is 2.33. The first kappa shape index (κ1) is 15.9. The van der Waals surface area contributed by atoms with Gasteiger partial charge in [0.05, 0.1) is 18.3 Å². The molecule has 0 bridgehead atoms. The summed E-state index contributed by atoms with van der Waals surface area (Å²) in [5.74, 6) is 0.790. The molecule has 2 unspecified atom stereocenters. The third kappa shape index (κ3) is 5.25. The van der Waals surface area contributed by atoms with Gasteiger partial charge < -0.3 is 9.84 Å². The smallest absolute Gasteiger partial charge is 0.0940 e. The van der Waals surface area contributed by atoms with E-state index in [4.69, 9.17) is 4.74 Å². The molecule has 0 amide bonds. The van der Waals surface area contributed by atoms with Crippen molar-refractivity contribution in [1.82, 2.24) is 4.90 Å². The highest BCUT2D eigenvalue weighted by atomic mass is 16.5. The highest BCUT2D eigenvalue weighted by Crippen LogP contribution is 2.23. The molecule has 108 valence electrons. The SMILES string of the molecule is CCCCC(CC)CN1CC(CO)OC(C)(C)C1. The highest BCUT2D eigenvalue weighted by molar-refractivity contribution is 4.84. The number of aliphatic hydroxyl groups is 1. The molecular weight excluding hydrogens is 226 g/mol. The summed E-state index contributed by atoms with van der Waals surface area (Å²) in [7, 11) is 0. The summed E-state index contributed by atoms with van der Waals surface area (Å²) in [5, 5.41) is 9.32. The minimum atomic E-state index is -0.130. The molecule has 0 radical (unpaired) electrons. The summed E-state index contributed by atoms with van der Waals surface area (Å²) in [6, 6.07) is 0. The van der Waals surface area contributed by atoms with E-state index in [2.05, 4.69) is 32.6 Å². The van der Waals surface area contributed by atoms with Gasteiger partial charge in [0.15, 0.2) is 0 Å². The Hall–Kier alpha value is -0.120. The summed E-state index contributed by atoms with van der Waals surface area (Å²) >= 11 is 0. The van der Waals surface area contributed by atoms with Crippen LogP contribution in [0.2, 0.25) is 0 Å². The molecule has 3 heteroatoms. The van der Waals surface area contributed by atoms with E-state index in [1.165, 1.54) is 25.7 Å². The molecule has 0 aliphatic carbocycles. The molecule has 18 heavy (non-hydrogen) atoms. The van der Waals surface area contributed by atoms with E-state index < -0.39 is 0 Å². The van der Waals surface area contributed by atoms with Crippen molar-refractivity contribution < 1.29 is 9.84 Å². The molecule has 0 aromatic rings. The molecule has 1 aliphatic heterocycles. The Morgan fingerprint density at radius 1 is 1.39 bits per heavy atom. The average molecular weight is 257 g/mol. The van der Waals surface area contributed by atoms with Crippen LogP contribution in [0.3, 0.4) is 0 Å². The van der Waals surface area contributed by atoms with Crippen molar-refractivity contribution >= 4 is 0 Å². The number of nitrogens with zero attached hydrogens (tertiary/aromatic N) is 1. The van der Waals surface area contributed by atoms with E-state index in [1.807, 2.05) is 0 Å². The fourth-order valence-corrected chi connectivity index (χ4v) is 2.93. The molecule has 3 nitrogen and oxygen atoms in total. The van der Waals surface area contributed by atoms with Crippen molar-refractivity contribution in [1.29, 1.82) is 0 Å². The molecule has 1 N–H and O–H groups in total. The number of ether oxygens (including phenoxy) is 1. The van der Waals surface area contributed by atoms with E-state index in [1.54, 1.807) is 0 Å². The number of hydrogen-bond acceptors (Lipinski definition) is 3. The summed E-state index contributed by atoms with van der Waals surface area (Å²) in [4.78, 5) is 2.48. The van der Waals surface area contributed by atoms with Gasteiger partial charge in [-0.25, -0.2) is 0 Å². The molecule has 1 saturated heterocycles. The minimum Gasteiger partial charge on any atom is -0.394 e. The predicted octanol–water partition coefficient (Wildman–Crippen LogP) is 2.67. The van der Waals surface area contributed by atoms with Crippen molar-refractivity contribution in [3.8, 4) is 0 Å². The van der Waals surface area contributed by atoms with Crippen molar-refractivity contribution in [2.24, 2.45) is 5.92 Å². The zero-order chi connectivity index (χ0) is 13.6. The van der Waals surface area contributed by atoms with Gasteiger partial charge >= 0.3 is 0 Å². The lowest BCUT2D eigenvalue weighted by Crippen LogP contribution is -2.54. The van der Waals surface area contributed by atoms with Gasteiger partial charge in [0, 0.05) is 19.6 Å². The van der Waals surface area contributed by atoms with E-state index in [-0.39, 0.29) is 18.3 Å². The topological polar surface area (TPSA) is 32.7 Å². The van der Waals surface area contributed by atoms with E-state index in [0.29, 0.717) is 0 Å². The lowest BCUT2D eigenvalue weighted by molar-refractivity contribution is -0.151. The second-order valence-electron chi connectivity index (χ2n) is 6.29. The van der Waals surface area contributed by atoms with E-state index in [9.17, 15) is 5.11 Å². The summed E-state index contributed by atoms with van der Waals surface area (Å²) in [6.45, 7) is 11.9. The van der Waals surface area contributed by atoms with Crippen LogP contribution in [0.15, 0.2) is 0 Å². The van der Waals surface area contributed by atoms with Crippen LogP contribution in [0.25, 0.3) is 0 Å². The van der Waals surface area contributed by atoms with Gasteiger partial charge in [-0.05, 0) is 26.2 Å². The molecule has 1 rings (SSSR count). The molecule has 0 saturated carbocycles. The Balaban J connectivity index is 2.48. The van der Waals surface area contributed by atoms with Crippen LogP contribution in [0, 0.1) is 5.92 Å². The largest absolute Gasteiger partial charge is 0.394 e. The van der Waals surface area contributed by atoms with Crippen LogP contribution in [0.1, 0.15) is 53.4 Å². The Morgan fingerprint density at radius 2 is 2.11 bits per heavy atom. The number of morpholine rings is 1. The average Bonchev–Trinajstić information content (AvgIpc) is 2.32. The van der Waals surface area contributed by atoms with Crippen molar-refractivity contribution in [3.05, 3.63) is 0 Å². The zero-order valence-corrected chi connectivity index (χ0v) is 12.6. The number of rotatable bonds is 7. The van der Waals surface area contributed by atoms with Crippen LogP contribution in [0.5, 0.6) is 0 Å². The Kier molecular flexibility index (Phi) is 6.61. The molecule has 0 spiro atoms. The lowest BCUT2D eigenvalue weighted by atomic mass is 9.97. The van der Waals surface area contributed by atoms with Crippen LogP contribution >= 0.6 is 0 Å². The van der Waals surface area contributed by atoms with Crippen LogP contribution in [-0.4, -0.2) is 48.0 Å². The second-order valence-corrected chi connectivity index (χ2v) is 6.29. The summed E-state index contributed by atoms with van der Waals surface area (Å²) in [5.41, 5.74) is -0.130. The molecule has 1 aliphatic rings. The molecule has 1 fully saturated rings. The van der Waals surface area contributed by atoms with Crippen LogP contribution in [0.4, 0.5) is 0 Å². The van der Waals surface area contributed by atoms with Crippen molar-refractivity contribution in [2.45, 2.75) is 65.1 Å². The molecule has 0 aromatic carbocycles. The first-order valence-electron chi connectivity index (χ1n) is 7.51. The number of unbranched alkanes of at least 4 members (excludes halogenated alkanes) is 1. The van der Waals surface area contributed by atoms with Gasteiger partial charge in [-0.3, -0.25) is 4.90 Å². The Labute approximate surface area is 113 Å². The predicted molar refractivity (Wildman–Crippen MR) is 75.8 cm³/mol. The second kappa shape index (κ2) is 7.46. The normalized spacial score (nSPS) is 26.2. The fourth-order valence-electron chi connectivity index (χ4n) is 2.93. The molecule has 1 heterocycles. The monoisotopic (exact) mass is 257 g/mol. The maximum absolute atomic E-state index is 9.32. The van der Waals surface area contributed by atoms with Crippen LogP contribution < -0.4 is 0 Å². The van der Waals surface area contributed by atoms with Gasteiger partial charge in [-0.1, -0.05) is 33.1 Å². The lowest BCUT2D eigenvalue weighted by Gasteiger charge is -2.43.